The minimum absolute atomic E-state index is 0.165. The number of halogens is 1. The number of carbonyl (C=O) groups excluding carboxylic acids is 2. The number of aryl methyl sites for hydroxylation is 1. The third kappa shape index (κ3) is 3.16. The molecule has 4 rings (SSSR count). The predicted octanol–water partition coefficient (Wildman–Crippen LogP) is 3.19. The van der Waals surface area contributed by atoms with Crippen molar-refractivity contribution in [2.75, 3.05) is 18.4 Å². The highest BCUT2D eigenvalue weighted by atomic mass is 32.1. The van der Waals surface area contributed by atoms with Crippen LogP contribution >= 0.6 is 11.3 Å². The highest BCUT2D eigenvalue weighted by Gasteiger charge is 2.36. The van der Waals surface area contributed by atoms with Crippen molar-refractivity contribution in [2.45, 2.75) is 31.6 Å². The molecule has 0 saturated carbocycles. The molecule has 1 fully saturated rings. The fourth-order valence-electron chi connectivity index (χ4n) is 3.45. The SMILES string of the molecule is O=C(Nc1nc2c(s1)CCC2C(=O)N1CCCC1)c1ccc(F)cc1. The van der Waals surface area contributed by atoms with E-state index in [1.165, 1.54) is 35.6 Å². The maximum atomic E-state index is 13.0. The first kappa shape index (κ1) is 16.2. The number of fused-ring (bicyclic) bond motifs is 1. The Morgan fingerprint density at radius 1 is 1.20 bits per heavy atom. The Bertz CT molecular complexity index is 812. The summed E-state index contributed by atoms with van der Waals surface area (Å²) in [6, 6.07) is 5.38. The molecule has 130 valence electrons. The molecule has 1 saturated heterocycles. The van der Waals surface area contributed by atoms with Crippen molar-refractivity contribution in [1.82, 2.24) is 9.88 Å². The molecule has 2 heterocycles. The molecular formula is C18H18FN3O2S. The fraction of sp³-hybridized carbons (Fsp3) is 0.389. The molecule has 2 amide bonds. The number of rotatable bonds is 3. The first-order valence-corrected chi connectivity index (χ1v) is 9.29. The zero-order valence-electron chi connectivity index (χ0n) is 13.6. The van der Waals surface area contributed by atoms with E-state index >= 15 is 0 Å². The van der Waals surface area contributed by atoms with Crippen LogP contribution in [0.1, 0.15) is 46.1 Å². The smallest absolute Gasteiger partial charge is 0.257 e. The number of hydrogen-bond acceptors (Lipinski definition) is 4. The van der Waals surface area contributed by atoms with E-state index in [2.05, 4.69) is 10.3 Å². The van der Waals surface area contributed by atoms with E-state index in [0.717, 1.165) is 49.3 Å². The van der Waals surface area contributed by atoms with Gasteiger partial charge in [0.05, 0.1) is 11.6 Å². The molecule has 1 aromatic carbocycles. The molecule has 25 heavy (non-hydrogen) atoms. The summed E-state index contributed by atoms with van der Waals surface area (Å²) in [6.07, 6.45) is 3.77. The number of carbonyl (C=O) groups is 2. The highest BCUT2D eigenvalue weighted by molar-refractivity contribution is 7.16. The number of nitrogens with zero attached hydrogens (tertiary/aromatic N) is 2. The van der Waals surface area contributed by atoms with Gasteiger partial charge in [0, 0.05) is 23.5 Å². The van der Waals surface area contributed by atoms with E-state index in [9.17, 15) is 14.0 Å². The maximum Gasteiger partial charge on any atom is 0.257 e. The second-order valence-electron chi connectivity index (χ2n) is 6.41. The lowest BCUT2D eigenvalue weighted by Gasteiger charge is -2.19. The standard InChI is InChI=1S/C18H18FN3O2S/c19-12-5-3-11(4-6-12)16(23)21-18-20-15-13(7-8-14(15)25-18)17(24)22-9-1-2-10-22/h3-6,13H,1-2,7-10H2,(H,20,21,23). The van der Waals surface area contributed by atoms with Crippen LogP contribution < -0.4 is 5.32 Å². The van der Waals surface area contributed by atoms with Gasteiger partial charge in [-0.15, -0.1) is 11.3 Å². The Morgan fingerprint density at radius 3 is 2.64 bits per heavy atom. The lowest BCUT2D eigenvalue weighted by molar-refractivity contribution is -0.131. The quantitative estimate of drug-likeness (QED) is 0.915. The molecule has 1 atom stereocenters. The van der Waals surface area contributed by atoms with Gasteiger partial charge in [-0.05, 0) is 49.9 Å². The Labute approximate surface area is 148 Å². The third-order valence-corrected chi connectivity index (χ3v) is 5.81. The van der Waals surface area contributed by atoms with Gasteiger partial charge in [-0.3, -0.25) is 14.9 Å². The number of aromatic nitrogens is 1. The van der Waals surface area contributed by atoms with E-state index in [-0.39, 0.29) is 23.5 Å². The molecular weight excluding hydrogens is 341 g/mol. The molecule has 7 heteroatoms. The summed E-state index contributed by atoms with van der Waals surface area (Å²) in [4.78, 5) is 32.4. The van der Waals surface area contributed by atoms with Crippen molar-refractivity contribution < 1.29 is 14.0 Å². The van der Waals surface area contributed by atoms with Crippen molar-refractivity contribution in [1.29, 1.82) is 0 Å². The zero-order valence-corrected chi connectivity index (χ0v) is 14.4. The summed E-state index contributed by atoms with van der Waals surface area (Å²) >= 11 is 1.42. The second-order valence-corrected chi connectivity index (χ2v) is 7.50. The van der Waals surface area contributed by atoms with Crippen LogP contribution in [0.25, 0.3) is 0 Å². The molecule has 1 aromatic heterocycles. The Kier molecular flexibility index (Phi) is 4.25. The number of benzene rings is 1. The van der Waals surface area contributed by atoms with Crippen LogP contribution in [0.2, 0.25) is 0 Å². The molecule has 5 nitrogen and oxygen atoms in total. The second kappa shape index (κ2) is 6.55. The predicted molar refractivity (Wildman–Crippen MR) is 93.3 cm³/mol. The summed E-state index contributed by atoms with van der Waals surface area (Å²) in [5.74, 6) is -0.721. The van der Waals surface area contributed by atoms with Crippen LogP contribution in [0.3, 0.4) is 0 Å². The van der Waals surface area contributed by atoms with E-state index < -0.39 is 0 Å². The van der Waals surface area contributed by atoms with Crippen LogP contribution in [0.5, 0.6) is 0 Å². The topological polar surface area (TPSA) is 62.3 Å². The molecule has 1 aliphatic heterocycles. The van der Waals surface area contributed by atoms with Crippen LogP contribution in [0, 0.1) is 5.82 Å². The number of thiazole rings is 1. The van der Waals surface area contributed by atoms with Crippen molar-refractivity contribution in [3.8, 4) is 0 Å². The lowest BCUT2D eigenvalue weighted by atomic mass is 10.1. The van der Waals surface area contributed by atoms with Gasteiger partial charge in [-0.2, -0.15) is 0 Å². The van der Waals surface area contributed by atoms with Gasteiger partial charge in [0.25, 0.3) is 5.91 Å². The van der Waals surface area contributed by atoms with Crippen molar-refractivity contribution in [3.05, 3.63) is 46.2 Å². The Hall–Kier alpha value is -2.28. The van der Waals surface area contributed by atoms with Crippen LogP contribution in [0.15, 0.2) is 24.3 Å². The van der Waals surface area contributed by atoms with Crippen LogP contribution in [-0.2, 0) is 11.2 Å². The van der Waals surface area contributed by atoms with E-state index in [1.807, 2.05) is 4.90 Å². The van der Waals surface area contributed by atoms with Crippen LogP contribution in [0.4, 0.5) is 9.52 Å². The van der Waals surface area contributed by atoms with Gasteiger partial charge in [-0.25, -0.2) is 9.37 Å². The summed E-state index contributed by atoms with van der Waals surface area (Å²) < 4.78 is 13.0. The first-order chi connectivity index (χ1) is 12.1. The van der Waals surface area contributed by atoms with Gasteiger partial charge in [0.15, 0.2) is 5.13 Å². The number of amides is 2. The van der Waals surface area contributed by atoms with Crippen molar-refractivity contribution >= 4 is 28.3 Å². The molecule has 1 aliphatic carbocycles. The van der Waals surface area contributed by atoms with Gasteiger partial charge < -0.3 is 4.90 Å². The summed E-state index contributed by atoms with van der Waals surface area (Å²) in [5, 5.41) is 3.26. The van der Waals surface area contributed by atoms with Gasteiger partial charge in [0.1, 0.15) is 5.82 Å². The average molecular weight is 359 g/mol. The van der Waals surface area contributed by atoms with Crippen LogP contribution in [-0.4, -0.2) is 34.8 Å². The summed E-state index contributed by atoms with van der Waals surface area (Å²) in [6.45, 7) is 1.67. The Balaban J connectivity index is 1.48. The first-order valence-electron chi connectivity index (χ1n) is 8.47. The van der Waals surface area contributed by atoms with E-state index in [0.29, 0.717) is 10.7 Å². The summed E-state index contributed by atoms with van der Waals surface area (Å²) in [7, 11) is 0. The fourth-order valence-corrected chi connectivity index (χ4v) is 4.48. The average Bonchev–Trinajstić information content (AvgIpc) is 3.31. The maximum absolute atomic E-state index is 13.0. The monoisotopic (exact) mass is 359 g/mol. The third-order valence-electron chi connectivity index (χ3n) is 4.76. The Morgan fingerprint density at radius 2 is 1.92 bits per heavy atom. The normalized spacial score (nSPS) is 19.1. The van der Waals surface area contributed by atoms with E-state index in [4.69, 9.17) is 0 Å². The minimum Gasteiger partial charge on any atom is -0.342 e. The number of anilines is 1. The van der Waals surface area contributed by atoms with Crippen molar-refractivity contribution in [3.63, 3.8) is 0 Å². The van der Waals surface area contributed by atoms with Gasteiger partial charge in [0.2, 0.25) is 5.91 Å². The minimum atomic E-state index is -0.381. The number of hydrogen-bond donors (Lipinski definition) is 1. The zero-order chi connectivity index (χ0) is 17.4. The highest BCUT2D eigenvalue weighted by Crippen LogP contribution is 2.39. The summed E-state index contributed by atoms with van der Waals surface area (Å²) in [5.41, 5.74) is 1.19. The molecule has 0 bridgehead atoms. The molecule has 1 unspecified atom stereocenters. The molecule has 0 spiro atoms. The molecule has 2 aromatic rings. The lowest BCUT2D eigenvalue weighted by Crippen LogP contribution is -2.32. The largest absolute Gasteiger partial charge is 0.342 e. The molecule has 0 radical (unpaired) electrons. The molecule has 2 aliphatic rings. The van der Waals surface area contributed by atoms with Gasteiger partial charge in [-0.1, -0.05) is 0 Å². The van der Waals surface area contributed by atoms with Gasteiger partial charge >= 0.3 is 0 Å². The van der Waals surface area contributed by atoms with Crippen molar-refractivity contribution in [2.24, 2.45) is 0 Å². The number of nitrogens with one attached hydrogen (secondary N) is 1. The molecule has 1 N–H and O–H groups in total. The number of likely N-dealkylation sites (tertiary alicyclic amines) is 1. The van der Waals surface area contributed by atoms with E-state index in [1.54, 1.807) is 0 Å².